The molecule has 0 aliphatic heterocycles. The molecule has 0 aliphatic rings. The molecule has 24 heavy (non-hydrogen) atoms. The zero-order valence-corrected chi connectivity index (χ0v) is 14.6. The number of benzene rings is 2. The molecule has 3 aromatic rings. The molecule has 3 heteroatoms. The highest BCUT2D eigenvalue weighted by Crippen LogP contribution is 2.37. The maximum Gasteiger partial charge on any atom is 0.165 e. The third-order valence-corrected chi connectivity index (χ3v) is 4.44. The Kier molecular flexibility index (Phi) is 4.70. The summed E-state index contributed by atoms with van der Waals surface area (Å²) in [6.45, 7) is 6.29. The zero-order chi connectivity index (χ0) is 17.1. The number of nitrogens with zero attached hydrogens (tertiary/aromatic N) is 2. The van der Waals surface area contributed by atoms with E-state index in [1.165, 1.54) is 0 Å². The van der Waals surface area contributed by atoms with Crippen LogP contribution in [-0.4, -0.2) is 14.9 Å². The molecule has 0 saturated carbocycles. The first-order chi connectivity index (χ1) is 11.6. The summed E-state index contributed by atoms with van der Waals surface area (Å²) < 4.78 is 1.90. The number of aromatic hydroxyl groups is 1. The molecule has 0 bridgehead atoms. The number of aromatic nitrogens is 2. The van der Waals surface area contributed by atoms with E-state index in [4.69, 9.17) is 5.10 Å². The first-order valence-corrected chi connectivity index (χ1v) is 8.56. The summed E-state index contributed by atoms with van der Waals surface area (Å²) in [5.41, 5.74) is 5.86. The van der Waals surface area contributed by atoms with Crippen LogP contribution in [0.3, 0.4) is 0 Å². The molecule has 3 nitrogen and oxygen atoms in total. The smallest absolute Gasteiger partial charge is 0.165 e. The van der Waals surface area contributed by atoms with Crippen LogP contribution in [0.5, 0.6) is 5.75 Å². The van der Waals surface area contributed by atoms with Crippen LogP contribution in [0.15, 0.2) is 48.5 Å². The van der Waals surface area contributed by atoms with E-state index in [1.807, 2.05) is 41.1 Å². The molecule has 1 aromatic heterocycles. The normalized spacial score (nSPS) is 11.0. The number of unbranched alkanes of at least 4 members (excludes halogenated alkanes) is 1. The van der Waals surface area contributed by atoms with Gasteiger partial charge < -0.3 is 5.11 Å². The third kappa shape index (κ3) is 2.94. The molecule has 0 fully saturated rings. The second-order valence-electron chi connectivity index (χ2n) is 6.26. The molecule has 0 aliphatic carbocycles. The number of para-hydroxylation sites is 1. The molecule has 0 radical (unpaired) electrons. The minimum absolute atomic E-state index is 0.306. The molecule has 1 heterocycles. The highest BCUT2D eigenvalue weighted by Gasteiger charge is 2.21. The molecule has 0 atom stereocenters. The Morgan fingerprint density at radius 3 is 2.29 bits per heavy atom. The Hall–Kier alpha value is -2.55. The largest absolute Gasteiger partial charge is 0.504 e. The molecule has 0 saturated heterocycles. The third-order valence-electron chi connectivity index (χ3n) is 4.44. The van der Waals surface area contributed by atoms with E-state index in [9.17, 15) is 5.11 Å². The summed E-state index contributed by atoms with van der Waals surface area (Å²) in [7, 11) is 0. The lowest BCUT2D eigenvalue weighted by atomic mass is 10.0. The second kappa shape index (κ2) is 6.91. The Balaban J connectivity index is 2.24. The fraction of sp³-hybridized carbons (Fsp3) is 0.286. The molecular formula is C21H24N2O. The summed E-state index contributed by atoms with van der Waals surface area (Å²) in [5, 5.41) is 15.6. The SMILES string of the molecule is CCCCc1nn(-c2ccccc2C)c(-c2ccccc2C)c1O. The van der Waals surface area contributed by atoms with Gasteiger partial charge in [0.1, 0.15) is 11.4 Å². The molecular weight excluding hydrogens is 296 g/mol. The van der Waals surface area contributed by atoms with E-state index in [0.717, 1.165) is 53.0 Å². The van der Waals surface area contributed by atoms with E-state index in [0.29, 0.717) is 5.75 Å². The summed E-state index contributed by atoms with van der Waals surface area (Å²) in [5.74, 6) is 0.306. The van der Waals surface area contributed by atoms with Gasteiger partial charge in [-0.25, -0.2) is 4.68 Å². The average molecular weight is 320 g/mol. The maximum absolute atomic E-state index is 10.9. The quantitative estimate of drug-likeness (QED) is 0.701. The average Bonchev–Trinajstić information content (AvgIpc) is 2.90. The van der Waals surface area contributed by atoms with Crippen molar-refractivity contribution in [1.29, 1.82) is 0 Å². The van der Waals surface area contributed by atoms with Crippen molar-refractivity contribution in [2.45, 2.75) is 40.0 Å². The van der Waals surface area contributed by atoms with Crippen molar-refractivity contribution in [2.24, 2.45) is 0 Å². The van der Waals surface area contributed by atoms with Crippen molar-refractivity contribution < 1.29 is 5.11 Å². The Labute approximate surface area is 143 Å². The fourth-order valence-electron chi connectivity index (χ4n) is 3.02. The van der Waals surface area contributed by atoms with Gasteiger partial charge in [-0.2, -0.15) is 5.10 Å². The number of aryl methyl sites for hydroxylation is 3. The first-order valence-electron chi connectivity index (χ1n) is 8.56. The molecule has 1 N–H and O–H groups in total. The number of rotatable bonds is 5. The van der Waals surface area contributed by atoms with Gasteiger partial charge in [-0.15, -0.1) is 0 Å². The lowest BCUT2D eigenvalue weighted by molar-refractivity contribution is 0.468. The van der Waals surface area contributed by atoms with Gasteiger partial charge in [-0.3, -0.25) is 0 Å². The van der Waals surface area contributed by atoms with Gasteiger partial charge in [0.05, 0.1) is 5.69 Å². The number of hydrogen-bond acceptors (Lipinski definition) is 2. The van der Waals surface area contributed by atoms with Gasteiger partial charge in [-0.05, 0) is 43.9 Å². The topological polar surface area (TPSA) is 38.0 Å². The van der Waals surface area contributed by atoms with E-state index in [2.05, 4.69) is 32.9 Å². The van der Waals surface area contributed by atoms with E-state index in [1.54, 1.807) is 0 Å². The molecule has 0 unspecified atom stereocenters. The van der Waals surface area contributed by atoms with Crippen LogP contribution in [0.25, 0.3) is 16.9 Å². The Bertz CT molecular complexity index is 849. The van der Waals surface area contributed by atoms with Crippen LogP contribution in [0.4, 0.5) is 0 Å². The molecule has 0 amide bonds. The highest BCUT2D eigenvalue weighted by atomic mass is 16.3. The van der Waals surface area contributed by atoms with Crippen molar-refractivity contribution >= 4 is 0 Å². The first kappa shape index (κ1) is 16.3. The zero-order valence-electron chi connectivity index (χ0n) is 14.6. The van der Waals surface area contributed by atoms with Gasteiger partial charge >= 0.3 is 0 Å². The Morgan fingerprint density at radius 2 is 1.62 bits per heavy atom. The standard InChI is InChI=1S/C21H24N2O/c1-4-5-13-18-21(24)20(17-12-8-6-10-15(17)2)23(22-18)19-14-9-7-11-16(19)3/h6-12,14,24H,4-5,13H2,1-3H3. The predicted molar refractivity (Wildman–Crippen MR) is 98.8 cm³/mol. The summed E-state index contributed by atoms with van der Waals surface area (Å²) in [6, 6.07) is 16.3. The van der Waals surface area contributed by atoms with Gasteiger partial charge in [0, 0.05) is 5.56 Å². The summed E-state index contributed by atoms with van der Waals surface area (Å²) in [4.78, 5) is 0. The van der Waals surface area contributed by atoms with Crippen LogP contribution in [0.2, 0.25) is 0 Å². The van der Waals surface area contributed by atoms with Crippen molar-refractivity contribution in [2.75, 3.05) is 0 Å². The predicted octanol–water partition coefficient (Wildman–Crippen LogP) is 5.20. The Morgan fingerprint density at radius 1 is 0.958 bits per heavy atom. The number of hydrogen-bond donors (Lipinski definition) is 1. The highest BCUT2D eigenvalue weighted by molar-refractivity contribution is 5.73. The summed E-state index contributed by atoms with van der Waals surface area (Å²) >= 11 is 0. The lowest BCUT2D eigenvalue weighted by Gasteiger charge is -2.12. The van der Waals surface area contributed by atoms with Crippen LogP contribution in [-0.2, 0) is 6.42 Å². The van der Waals surface area contributed by atoms with Crippen LogP contribution in [0.1, 0.15) is 36.6 Å². The maximum atomic E-state index is 10.9. The lowest BCUT2D eigenvalue weighted by Crippen LogP contribution is -2.02. The molecule has 3 rings (SSSR count). The van der Waals surface area contributed by atoms with Crippen LogP contribution in [0, 0.1) is 13.8 Å². The molecule has 124 valence electrons. The van der Waals surface area contributed by atoms with E-state index >= 15 is 0 Å². The van der Waals surface area contributed by atoms with Gasteiger partial charge in [0.25, 0.3) is 0 Å². The van der Waals surface area contributed by atoms with Crippen LogP contribution < -0.4 is 0 Å². The molecule has 2 aromatic carbocycles. The van der Waals surface area contributed by atoms with Gasteiger partial charge in [-0.1, -0.05) is 55.8 Å². The minimum Gasteiger partial charge on any atom is -0.504 e. The van der Waals surface area contributed by atoms with Crippen LogP contribution >= 0.6 is 0 Å². The van der Waals surface area contributed by atoms with E-state index in [-0.39, 0.29) is 0 Å². The summed E-state index contributed by atoms with van der Waals surface area (Å²) in [6.07, 6.45) is 2.89. The minimum atomic E-state index is 0.306. The van der Waals surface area contributed by atoms with Crippen molar-refractivity contribution in [3.8, 4) is 22.7 Å². The van der Waals surface area contributed by atoms with Gasteiger partial charge in [0.2, 0.25) is 0 Å². The van der Waals surface area contributed by atoms with Crippen molar-refractivity contribution in [1.82, 2.24) is 9.78 Å². The second-order valence-corrected chi connectivity index (χ2v) is 6.26. The molecule has 0 spiro atoms. The van der Waals surface area contributed by atoms with E-state index < -0.39 is 0 Å². The monoisotopic (exact) mass is 320 g/mol. The van der Waals surface area contributed by atoms with Crippen molar-refractivity contribution in [3.63, 3.8) is 0 Å². The van der Waals surface area contributed by atoms with Crippen molar-refractivity contribution in [3.05, 3.63) is 65.4 Å². The van der Waals surface area contributed by atoms with Gasteiger partial charge in [0.15, 0.2) is 5.75 Å². The fourth-order valence-corrected chi connectivity index (χ4v) is 3.02.